The third-order valence-electron chi connectivity index (χ3n) is 4.66. The van der Waals surface area contributed by atoms with Gasteiger partial charge in [-0.1, -0.05) is 44.9 Å². The van der Waals surface area contributed by atoms with Crippen LogP contribution in [0.1, 0.15) is 74.9 Å². The molecule has 0 saturated heterocycles. The lowest BCUT2D eigenvalue weighted by atomic mass is 9.95. The Kier molecular flexibility index (Phi) is 6.33. The van der Waals surface area contributed by atoms with E-state index in [1.807, 2.05) is 0 Å². The van der Waals surface area contributed by atoms with Crippen molar-refractivity contribution in [3.8, 4) is 0 Å². The molecule has 6 heteroatoms. The fourth-order valence-electron chi connectivity index (χ4n) is 3.29. The summed E-state index contributed by atoms with van der Waals surface area (Å²) in [5.74, 6) is 2.69. The van der Waals surface area contributed by atoms with Crippen LogP contribution in [0.4, 0.5) is 0 Å². The van der Waals surface area contributed by atoms with E-state index in [4.69, 9.17) is 4.98 Å². The molecule has 132 valence electrons. The summed E-state index contributed by atoms with van der Waals surface area (Å²) in [5.41, 5.74) is 1.18. The normalized spacial score (nSPS) is 16.2. The van der Waals surface area contributed by atoms with Gasteiger partial charge in [0.05, 0.1) is 10.7 Å². The molecule has 1 aliphatic carbocycles. The van der Waals surface area contributed by atoms with Gasteiger partial charge in [0.2, 0.25) is 0 Å². The average Bonchev–Trinajstić information content (AvgIpc) is 3.18. The summed E-state index contributed by atoms with van der Waals surface area (Å²) < 4.78 is 2.37. The summed E-state index contributed by atoms with van der Waals surface area (Å²) >= 11 is 3.58. The van der Waals surface area contributed by atoms with Gasteiger partial charge >= 0.3 is 0 Å². The summed E-state index contributed by atoms with van der Waals surface area (Å²) in [6.45, 7) is 6.62. The molecule has 24 heavy (non-hydrogen) atoms. The van der Waals surface area contributed by atoms with Crippen molar-refractivity contribution in [1.82, 2.24) is 19.7 Å². The molecule has 0 aromatic carbocycles. The van der Waals surface area contributed by atoms with Crippen molar-refractivity contribution in [2.45, 2.75) is 82.7 Å². The van der Waals surface area contributed by atoms with Gasteiger partial charge in [0.25, 0.3) is 0 Å². The van der Waals surface area contributed by atoms with E-state index in [2.05, 4.69) is 40.9 Å². The molecule has 2 aromatic heterocycles. The molecule has 1 saturated carbocycles. The average molecular weight is 365 g/mol. The van der Waals surface area contributed by atoms with Gasteiger partial charge in [0.15, 0.2) is 5.16 Å². The molecule has 0 N–H and O–H groups in total. The highest BCUT2D eigenvalue weighted by molar-refractivity contribution is 7.98. The third-order valence-corrected chi connectivity index (χ3v) is 6.59. The SMILES string of the molecule is Cc1nnc(SCc2csc(CCC(C)C)n2)n1C1CCCCC1. The van der Waals surface area contributed by atoms with E-state index in [9.17, 15) is 0 Å². The second-order valence-electron chi connectivity index (χ2n) is 7.15. The van der Waals surface area contributed by atoms with Gasteiger partial charge in [-0.3, -0.25) is 0 Å². The summed E-state index contributed by atoms with van der Waals surface area (Å²) in [7, 11) is 0. The first-order chi connectivity index (χ1) is 11.6. The third kappa shape index (κ3) is 4.60. The van der Waals surface area contributed by atoms with Crippen LogP contribution >= 0.6 is 23.1 Å². The molecule has 0 aliphatic heterocycles. The number of thioether (sulfide) groups is 1. The van der Waals surface area contributed by atoms with Gasteiger partial charge in [0.1, 0.15) is 5.82 Å². The number of aromatic nitrogens is 4. The predicted octanol–water partition coefficient (Wildman–Crippen LogP) is 5.43. The van der Waals surface area contributed by atoms with Crippen LogP contribution in [0.2, 0.25) is 0 Å². The first-order valence-electron chi connectivity index (χ1n) is 9.11. The highest BCUT2D eigenvalue weighted by Gasteiger charge is 2.21. The lowest BCUT2D eigenvalue weighted by molar-refractivity contribution is 0.332. The first-order valence-corrected chi connectivity index (χ1v) is 11.0. The molecule has 0 bridgehead atoms. The lowest BCUT2D eigenvalue weighted by Crippen LogP contribution is -2.15. The Morgan fingerprint density at radius 3 is 2.79 bits per heavy atom. The van der Waals surface area contributed by atoms with Crippen molar-refractivity contribution in [2.24, 2.45) is 5.92 Å². The van der Waals surface area contributed by atoms with E-state index in [0.717, 1.165) is 29.1 Å². The van der Waals surface area contributed by atoms with Crippen LogP contribution in [0.5, 0.6) is 0 Å². The molecule has 0 spiro atoms. The fraction of sp³-hybridized carbons (Fsp3) is 0.722. The van der Waals surface area contributed by atoms with Gasteiger partial charge < -0.3 is 4.57 Å². The summed E-state index contributed by atoms with van der Waals surface area (Å²) in [6.07, 6.45) is 8.89. The summed E-state index contributed by atoms with van der Waals surface area (Å²) in [5, 5.41) is 13.3. The van der Waals surface area contributed by atoms with E-state index in [1.165, 1.54) is 49.2 Å². The topological polar surface area (TPSA) is 43.6 Å². The quantitative estimate of drug-likeness (QED) is 0.615. The Labute approximate surface area is 153 Å². The van der Waals surface area contributed by atoms with Crippen molar-refractivity contribution in [3.63, 3.8) is 0 Å². The van der Waals surface area contributed by atoms with Crippen LogP contribution in [-0.2, 0) is 12.2 Å². The number of hydrogen-bond acceptors (Lipinski definition) is 5. The Morgan fingerprint density at radius 2 is 2.04 bits per heavy atom. The molecular formula is C18H28N4S2. The zero-order chi connectivity index (χ0) is 16.9. The summed E-state index contributed by atoms with van der Waals surface area (Å²) in [4.78, 5) is 4.79. The Balaban J connectivity index is 1.60. The van der Waals surface area contributed by atoms with Crippen molar-refractivity contribution in [3.05, 3.63) is 21.9 Å². The van der Waals surface area contributed by atoms with Gasteiger partial charge in [0, 0.05) is 17.2 Å². The molecule has 0 atom stereocenters. The van der Waals surface area contributed by atoms with Crippen LogP contribution in [0.15, 0.2) is 10.5 Å². The second-order valence-corrected chi connectivity index (χ2v) is 9.03. The van der Waals surface area contributed by atoms with E-state index in [0.29, 0.717) is 6.04 Å². The minimum Gasteiger partial charge on any atom is -0.303 e. The number of hydrogen-bond donors (Lipinski definition) is 0. The van der Waals surface area contributed by atoms with Crippen molar-refractivity contribution < 1.29 is 0 Å². The molecule has 0 radical (unpaired) electrons. The van der Waals surface area contributed by atoms with E-state index in [-0.39, 0.29) is 0 Å². The first kappa shape index (κ1) is 17.9. The Bertz CT molecular complexity index is 641. The van der Waals surface area contributed by atoms with Crippen LogP contribution in [0.25, 0.3) is 0 Å². The van der Waals surface area contributed by atoms with E-state index in [1.54, 1.807) is 23.1 Å². The maximum atomic E-state index is 4.79. The van der Waals surface area contributed by atoms with E-state index < -0.39 is 0 Å². The van der Waals surface area contributed by atoms with Crippen LogP contribution < -0.4 is 0 Å². The Morgan fingerprint density at radius 1 is 1.25 bits per heavy atom. The minimum absolute atomic E-state index is 0.591. The molecule has 0 unspecified atom stereocenters. The van der Waals surface area contributed by atoms with Crippen molar-refractivity contribution in [1.29, 1.82) is 0 Å². The van der Waals surface area contributed by atoms with Gasteiger partial charge in [-0.2, -0.15) is 0 Å². The number of aryl methyl sites for hydroxylation is 2. The van der Waals surface area contributed by atoms with Gasteiger partial charge in [-0.25, -0.2) is 4.98 Å². The molecule has 3 rings (SSSR count). The Hall–Kier alpha value is -0.880. The van der Waals surface area contributed by atoms with Crippen LogP contribution in [-0.4, -0.2) is 19.7 Å². The van der Waals surface area contributed by atoms with Gasteiger partial charge in [-0.05, 0) is 38.5 Å². The lowest BCUT2D eigenvalue weighted by Gasteiger charge is -2.24. The highest BCUT2D eigenvalue weighted by Crippen LogP contribution is 2.33. The molecule has 1 aliphatic rings. The smallest absolute Gasteiger partial charge is 0.191 e. The highest BCUT2D eigenvalue weighted by atomic mass is 32.2. The van der Waals surface area contributed by atoms with Crippen molar-refractivity contribution in [2.75, 3.05) is 0 Å². The number of rotatable bonds is 7. The fourth-order valence-corrected chi connectivity index (χ4v) is 5.15. The predicted molar refractivity (Wildman–Crippen MR) is 102 cm³/mol. The number of nitrogens with zero attached hydrogens (tertiary/aromatic N) is 4. The van der Waals surface area contributed by atoms with Crippen LogP contribution in [0, 0.1) is 12.8 Å². The zero-order valence-electron chi connectivity index (χ0n) is 15.0. The standard InChI is InChI=1S/C18H28N4S2/c1-13(2)9-10-17-19-15(11-23-17)12-24-18-21-20-14(3)22(18)16-7-5-4-6-8-16/h11,13,16H,4-10,12H2,1-3H3. The maximum absolute atomic E-state index is 4.79. The maximum Gasteiger partial charge on any atom is 0.191 e. The molecule has 4 nitrogen and oxygen atoms in total. The molecular weight excluding hydrogens is 336 g/mol. The largest absolute Gasteiger partial charge is 0.303 e. The second kappa shape index (κ2) is 8.48. The molecule has 2 heterocycles. The monoisotopic (exact) mass is 364 g/mol. The molecule has 0 amide bonds. The van der Waals surface area contributed by atoms with Gasteiger partial charge in [-0.15, -0.1) is 21.5 Å². The van der Waals surface area contributed by atoms with Crippen molar-refractivity contribution >= 4 is 23.1 Å². The number of thiazole rings is 1. The summed E-state index contributed by atoms with van der Waals surface area (Å²) in [6, 6.07) is 0.591. The molecule has 2 aromatic rings. The molecule has 1 fully saturated rings. The van der Waals surface area contributed by atoms with E-state index >= 15 is 0 Å². The van der Waals surface area contributed by atoms with Crippen LogP contribution in [0.3, 0.4) is 0 Å². The minimum atomic E-state index is 0.591. The zero-order valence-corrected chi connectivity index (χ0v) is 16.6.